The van der Waals surface area contributed by atoms with Crippen LogP contribution in [0.2, 0.25) is 0 Å². The highest BCUT2D eigenvalue weighted by Gasteiger charge is 2.05. The first-order valence-corrected chi connectivity index (χ1v) is 5.70. The van der Waals surface area contributed by atoms with E-state index in [1.807, 2.05) is 13.0 Å². The molecule has 1 N–H and O–H groups in total. The van der Waals surface area contributed by atoms with Crippen molar-refractivity contribution in [2.75, 3.05) is 0 Å². The first-order valence-electron chi connectivity index (χ1n) is 5.70. The second kappa shape index (κ2) is 5.40. The lowest BCUT2D eigenvalue weighted by Gasteiger charge is -2.08. The van der Waals surface area contributed by atoms with E-state index in [0.717, 1.165) is 5.56 Å². The monoisotopic (exact) mass is 257 g/mol. The summed E-state index contributed by atoms with van der Waals surface area (Å²) >= 11 is 0. The van der Waals surface area contributed by atoms with E-state index in [-0.39, 0.29) is 12.4 Å². The maximum absolute atomic E-state index is 13.5. The summed E-state index contributed by atoms with van der Waals surface area (Å²) in [6, 6.07) is 10.9. The zero-order valence-corrected chi connectivity index (χ0v) is 10.4. The Morgan fingerprint density at radius 3 is 2.74 bits per heavy atom. The van der Waals surface area contributed by atoms with Crippen LogP contribution >= 0.6 is 0 Å². The van der Waals surface area contributed by atoms with Crippen LogP contribution in [0.3, 0.4) is 0 Å². The van der Waals surface area contributed by atoms with Gasteiger partial charge >= 0.3 is 0 Å². The van der Waals surface area contributed by atoms with Crippen LogP contribution in [-0.2, 0) is 6.61 Å². The molecule has 0 atom stereocenters. The van der Waals surface area contributed by atoms with Gasteiger partial charge < -0.3 is 9.84 Å². The van der Waals surface area contributed by atoms with Gasteiger partial charge in [0.25, 0.3) is 0 Å². The van der Waals surface area contributed by atoms with Crippen LogP contribution in [0.4, 0.5) is 4.39 Å². The van der Waals surface area contributed by atoms with Crippen molar-refractivity contribution in [3.05, 3.63) is 58.9 Å². The molecule has 0 aliphatic carbocycles. The molecule has 96 valence electrons. The molecule has 2 rings (SSSR count). The number of rotatable bonds is 3. The molecule has 0 bridgehead atoms. The van der Waals surface area contributed by atoms with Crippen LogP contribution in [0.1, 0.15) is 16.7 Å². The molecule has 0 unspecified atom stereocenters. The molecule has 0 aliphatic rings. The summed E-state index contributed by atoms with van der Waals surface area (Å²) in [6.07, 6.45) is 0. The predicted molar refractivity (Wildman–Crippen MR) is 68.3 cm³/mol. The lowest BCUT2D eigenvalue weighted by atomic mass is 10.1. The van der Waals surface area contributed by atoms with Crippen molar-refractivity contribution >= 4 is 0 Å². The number of benzene rings is 2. The minimum absolute atomic E-state index is 0.00421. The Bertz CT molecular complexity index is 627. The van der Waals surface area contributed by atoms with Gasteiger partial charge in [-0.3, -0.25) is 0 Å². The van der Waals surface area contributed by atoms with E-state index >= 15 is 0 Å². The molecule has 2 aromatic carbocycles. The van der Waals surface area contributed by atoms with Gasteiger partial charge in [0, 0.05) is 11.6 Å². The van der Waals surface area contributed by atoms with Crippen molar-refractivity contribution in [1.82, 2.24) is 0 Å². The molecule has 0 aliphatic heterocycles. The first kappa shape index (κ1) is 12.9. The lowest BCUT2D eigenvalue weighted by molar-refractivity contribution is 0.298. The SMILES string of the molecule is Cc1cc(O)cc(OCc2cc(C#N)ccc2F)c1. The van der Waals surface area contributed by atoms with Gasteiger partial charge in [0.2, 0.25) is 0 Å². The Hall–Kier alpha value is -2.54. The van der Waals surface area contributed by atoms with E-state index in [9.17, 15) is 9.50 Å². The number of hydrogen-bond acceptors (Lipinski definition) is 3. The van der Waals surface area contributed by atoms with Crippen molar-refractivity contribution in [3.63, 3.8) is 0 Å². The summed E-state index contributed by atoms with van der Waals surface area (Å²) < 4.78 is 19.0. The fourth-order valence-electron chi connectivity index (χ4n) is 1.73. The van der Waals surface area contributed by atoms with E-state index in [1.54, 1.807) is 12.1 Å². The third-order valence-corrected chi connectivity index (χ3v) is 2.60. The number of halogens is 1. The van der Waals surface area contributed by atoms with E-state index in [1.165, 1.54) is 24.3 Å². The fourth-order valence-corrected chi connectivity index (χ4v) is 1.73. The predicted octanol–water partition coefficient (Wildman–Crippen LogP) is 3.29. The molecule has 2 aromatic rings. The molecule has 0 saturated carbocycles. The third kappa shape index (κ3) is 3.23. The van der Waals surface area contributed by atoms with Gasteiger partial charge in [-0.15, -0.1) is 0 Å². The smallest absolute Gasteiger partial charge is 0.129 e. The van der Waals surface area contributed by atoms with E-state index < -0.39 is 5.82 Å². The Morgan fingerprint density at radius 2 is 2.05 bits per heavy atom. The number of aromatic hydroxyl groups is 1. The minimum atomic E-state index is -0.420. The van der Waals surface area contributed by atoms with Crippen molar-refractivity contribution in [2.45, 2.75) is 13.5 Å². The average Bonchev–Trinajstić information content (AvgIpc) is 2.37. The van der Waals surface area contributed by atoms with Gasteiger partial charge in [-0.1, -0.05) is 0 Å². The summed E-state index contributed by atoms with van der Waals surface area (Å²) in [6.45, 7) is 1.83. The number of nitriles is 1. The number of phenolic OH excluding ortho intramolecular Hbond substituents is 1. The highest BCUT2D eigenvalue weighted by molar-refractivity contribution is 5.37. The maximum Gasteiger partial charge on any atom is 0.129 e. The number of phenols is 1. The summed E-state index contributed by atoms with van der Waals surface area (Å²) in [5, 5.41) is 18.2. The highest BCUT2D eigenvalue weighted by Crippen LogP contribution is 2.22. The fraction of sp³-hybridized carbons (Fsp3) is 0.133. The van der Waals surface area contributed by atoms with Crippen molar-refractivity contribution in [2.24, 2.45) is 0 Å². The summed E-state index contributed by atoms with van der Waals surface area (Å²) in [5.41, 5.74) is 1.54. The Balaban J connectivity index is 2.16. The van der Waals surface area contributed by atoms with E-state index in [2.05, 4.69) is 0 Å². The van der Waals surface area contributed by atoms with Crippen LogP contribution < -0.4 is 4.74 Å². The van der Waals surface area contributed by atoms with Crippen LogP contribution in [0.15, 0.2) is 36.4 Å². The largest absolute Gasteiger partial charge is 0.508 e. The van der Waals surface area contributed by atoms with Crippen molar-refractivity contribution < 1.29 is 14.2 Å². The van der Waals surface area contributed by atoms with E-state index in [0.29, 0.717) is 16.9 Å². The van der Waals surface area contributed by atoms with Gasteiger partial charge in [0.1, 0.15) is 23.9 Å². The van der Waals surface area contributed by atoms with Crippen LogP contribution in [0.25, 0.3) is 0 Å². The average molecular weight is 257 g/mol. The highest BCUT2D eigenvalue weighted by atomic mass is 19.1. The zero-order chi connectivity index (χ0) is 13.8. The molecule has 0 spiro atoms. The van der Waals surface area contributed by atoms with Crippen molar-refractivity contribution in [1.29, 1.82) is 5.26 Å². The zero-order valence-electron chi connectivity index (χ0n) is 10.4. The molecule has 0 heterocycles. The molecule has 19 heavy (non-hydrogen) atoms. The van der Waals surface area contributed by atoms with Gasteiger partial charge in [-0.2, -0.15) is 5.26 Å². The summed E-state index contributed by atoms with van der Waals surface area (Å²) in [5.74, 6) is 0.136. The quantitative estimate of drug-likeness (QED) is 0.917. The molecular weight excluding hydrogens is 245 g/mol. The molecule has 0 fully saturated rings. The van der Waals surface area contributed by atoms with Crippen molar-refractivity contribution in [3.8, 4) is 17.6 Å². The topological polar surface area (TPSA) is 53.2 Å². The normalized spacial score (nSPS) is 9.95. The first-order chi connectivity index (χ1) is 9.08. The lowest BCUT2D eigenvalue weighted by Crippen LogP contribution is -1.99. The van der Waals surface area contributed by atoms with E-state index in [4.69, 9.17) is 10.00 Å². The van der Waals surface area contributed by atoms with Gasteiger partial charge in [-0.05, 0) is 42.8 Å². The van der Waals surface area contributed by atoms with Gasteiger partial charge in [0.05, 0.1) is 11.6 Å². The number of nitrogens with zero attached hydrogens (tertiary/aromatic N) is 1. The summed E-state index contributed by atoms with van der Waals surface area (Å²) in [4.78, 5) is 0. The Labute approximate surface area is 110 Å². The minimum Gasteiger partial charge on any atom is -0.508 e. The molecule has 0 amide bonds. The molecule has 4 heteroatoms. The maximum atomic E-state index is 13.5. The summed E-state index contributed by atoms with van der Waals surface area (Å²) in [7, 11) is 0. The second-order valence-corrected chi connectivity index (χ2v) is 4.21. The van der Waals surface area contributed by atoms with Crippen LogP contribution in [0.5, 0.6) is 11.5 Å². The Kier molecular flexibility index (Phi) is 3.67. The van der Waals surface area contributed by atoms with Crippen LogP contribution in [0, 0.1) is 24.1 Å². The van der Waals surface area contributed by atoms with Gasteiger partial charge in [-0.25, -0.2) is 4.39 Å². The number of aryl methyl sites for hydroxylation is 1. The molecular formula is C15H12FNO2. The number of ether oxygens (including phenoxy) is 1. The molecule has 3 nitrogen and oxygen atoms in total. The van der Waals surface area contributed by atoms with Gasteiger partial charge in [0.15, 0.2) is 0 Å². The number of hydrogen-bond donors (Lipinski definition) is 1. The second-order valence-electron chi connectivity index (χ2n) is 4.21. The molecule has 0 saturated heterocycles. The standard InChI is InChI=1S/C15H12FNO2/c1-10-4-13(18)7-14(5-10)19-9-12-6-11(8-17)2-3-15(12)16/h2-7,18H,9H2,1H3. The molecule has 0 aromatic heterocycles. The molecule has 0 radical (unpaired) electrons. The third-order valence-electron chi connectivity index (χ3n) is 2.60. The Morgan fingerprint density at radius 1 is 1.26 bits per heavy atom. The van der Waals surface area contributed by atoms with Crippen LogP contribution in [-0.4, -0.2) is 5.11 Å².